The molecule has 21 heavy (non-hydrogen) atoms. The Kier molecular flexibility index (Phi) is 4.86. The van der Waals surface area contributed by atoms with Crippen LogP contribution in [0.15, 0.2) is 12.1 Å². The van der Waals surface area contributed by atoms with Gasteiger partial charge < -0.3 is 15.7 Å². The first kappa shape index (κ1) is 16.2. The number of benzene rings is 1. The number of carbonyl (C=O) groups is 2. The third-order valence-electron chi connectivity index (χ3n) is 3.48. The smallest absolute Gasteiger partial charge is 0.329 e. The minimum Gasteiger partial charge on any atom is -0.480 e. The topological polar surface area (TPSA) is 78.4 Å². The number of urea groups is 1. The number of anilines is 1. The number of nitrogens with one attached hydrogen (secondary N) is 2. The molecule has 2 rings (SSSR count). The zero-order chi connectivity index (χ0) is 15.6. The second-order valence-electron chi connectivity index (χ2n) is 4.92. The second-order valence-corrected chi connectivity index (χ2v) is 6.14. The number of rotatable bonds is 3. The lowest BCUT2D eigenvalue weighted by Gasteiger charge is -2.25. The fourth-order valence-electron chi connectivity index (χ4n) is 2.36. The van der Waals surface area contributed by atoms with Crippen LogP contribution in [0.25, 0.3) is 0 Å². The Morgan fingerprint density at radius 3 is 2.19 bits per heavy atom. The van der Waals surface area contributed by atoms with Gasteiger partial charge in [-0.05, 0) is 25.0 Å². The standard InChI is InChI=1S/C13H13Cl3N2O3/c14-7-5-9(16)10(6-8(7)15)17-12(21)18-13(11(19)20)3-1-2-4-13/h5-6H,1-4H2,(H,19,20)(H2,17,18,21). The Morgan fingerprint density at radius 1 is 1.05 bits per heavy atom. The van der Waals surface area contributed by atoms with E-state index >= 15 is 0 Å². The molecule has 0 saturated heterocycles. The molecule has 0 unspecified atom stereocenters. The molecule has 3 N–H and O–H groups in total. The van der Waals surface area contributed by atoms with E-state index in [2.05, 4.69) is 10.6 Å². The summed E-state index contributed by atoms with van der Waals surface area (Å²) < 4.78 is 0. The van der Waals surface area contributed by atoms with E-state index in [-0.39, 0.29) is 20.8 Å². The van der Waals surface area contributed by atoms with Crippen molar-refractivity contribution in [3.05, 3.63) is 27.2 Å². The lowest BCUT2D eigenvalue weighted by Crippen LogP contribution is -2.53. The summed E-state index contributed by atoms with van der Waals surface area (Å²) in [7, 11) is 0. The van der Waals surface area contributed by atoms with E-state index in [1.165, 1.54) is 12.1 Å². The van der Waals surface area contributed by atoms with E-state index < -0.39 is 17.5 Å². The molecule has 1 aliphatic rings. The molecular formula is C13H13Cl3N2O3. The van der Waals surface area contributed by atoms with Gasteiger partial charge >= 0.3 is 12.0 Å². The van der Waals surface area contributed by atoms with Crippen LogP contribution in [0.4, 0.5) is 10.5 Å². The Balaban J connectivity index is 2.12. The number of carboxylic acids is 1. The highest BCUT2D eigenvalue weighted by atomic mass is 35.5. The van der Waals surface area contributed by atoms with E-state index in [0.29, 0.717) is 12.8 Å². The number of amides is 2. The zero-order valence-electron chi connectivity index (χ0n) is 10.9. The van der Waals surface area contributed by atoms with E-state index in [9.17, 15) is 14.7 Å². The number of hydrogen-bond acceptors (Lipinski definition) is 2. The van der Waals surface area contributed by atoms with Crippen molar-refractivity contribution in [1.29, 1.82) is 0 Å². The van der Waals surface area contributed by atoms with Crippen LogP contribution in [0.2, 0.25) is 15.1 Å². The maximum Gasteiger partial charge on any atom is 0.329 e. The number of hydrogen-bond donors (Lipinski definition) is 3. The van der Waals surface area contributed by atoms with Crippen molar-refractivity contribution >= 4 is 52.5 Å². The molecule has 8 heteroatoms. The lowest BCUT2D eigenvalue weighted by atomic mass is 9.98. The highest BCUT2D eigenvalue weighted by molar-refractivity contribution is 6.44. The molecule has 1 saturated carbocycles. The molecule has 1 aromatic rings. The van der Waals surface area contributed by atoms with E-state index in [1.54, 1.807) is 0 Å². The molecule has 0 spiro atoms. The van der Waals surface area contributed by atoms with Gasteiger partial charge in [-0.2, -0.15) is 0 Å². The Hall–Kier alpha value is -1.17. The normalized spacial score (nSPS) is 16.5. The largest absolute Gasteiger partial charge is 0.480 e. The first-order chi connectivity index (χ1) is 9.84. The van der Waals surface area contributed by atoms with Crippen molar-refractivity contribution in [2.45, 2.75) is 31.2 Å². The van der Waals surface area contributed by atoms with Gasteiger partial charge in [0.05, 0.1) is 20.8 Å². The molecule has 2 amide bonds. The van der Waals surface area contributed by atoms with Gasteiger partial charge in [-0.1, -0.05) is 47.6 Å². The Labute approximate surface area is 136 Å². The molecule has 5 nitrogen and oxygen atoms in total. The van der Waals surface area contributed by atoms with Crippen LogP contribution in [-0.2, 0) is 4.79 Å². The van der Waals surface area contributed by atoms with Gasteiger partial charge in [-0.15, -0.1) is 0 Å². The number of aliphatic carboxylic acids is 1. The molecule has 114 valence electrons. The van der Waals surface area contributed by atoms with Crippen molar-refractivity contribution in [1.82, 2.24) is 5.32 Å². The van der Waals surface area contributed by atoms with E-state index in [4.69, 9.17) is 34.8 Å². The molecule has 1 fully saturated rings. The SMILES string of the molecule is O=C(Nc1cc(Cl)c(Cl)cc1Cl)NC1(C(=O)O)CCCC1. The van der Waals surface area contributed by atoms with Gasteiger partial charge in [0.2, 0.25) is 0 Å². The Morgan fingerprint density at radius 2 is 1.62 bits per heavy atom. The highest BCUT2D eigenvalue weighted by Gasteiger charge is 2.42. The summed E-state index contributed by atoms with van der Waals surface area (Å²) in [6.07, 6.45) is 2.34. The zero-order valence-corrected chi connectivity index (χ0v) is 13.1. The summed E-state index contributed by atoms with van der Waals surface area (Å²) >= 11 is 17.6. The average molecular weight is 352 g/mol. The fourth-order valence-corrected chi connectivity index (χ4v) is 2.95. The third kappa shape index (κ3) is 3.54. The predicted octanol–water partition coefficient (Wildman–Crippen LogP) is 4.17. The van der Waals surface area contributed by atoms with Crippen LogP contribution >= 0.6 is 34.8 Å². The van der Waals surface area contributed by atoms with Crippen molar-refractivity contribution in [2.75, 3.05) is 5.32 Å². The maximum absolute atomic E-state index is 12.0. The lowest BCUT2D eigenvalue weighted by molar-refractivity contribution is -0.144. The van der Waals surface area contributed by atoms with Gasteiger partial charge in [0, 0.05) is 0 Å². The van der Waals surface area contributed by atoms with Crippen molar-refractivity contribution < 1.29 is 14.7 Å². The summed E-state index contributed by atoms with van der Waals surface area (Å²) in [5.41, 5.74) is -0.950. The first-order valence-electron chi connectivity index (χ1n) is 6.31. The molecule has 0 atom stereocenters. The van der Waals surface area contributed by atoms with Gasteiger partial charge in [0.15, 0.2) is 0 Å². The first-order valence-corrected chi connectivity index (χ1v) is 7.44. The number of carbonyl (C=O) groups excluding carboxylic acids is 1. The minimum absolute atomic E-state index is 0.218. The molecule has 0 heterocycles. The van der Waals surface area contributed by atoms with Crippen LogP contribution in [-0.4, -0.2) is 22.6 Å². The van der Waals surface area contributed by atoms with Crippen molar-refractivity contribution in [3.8, 4) is 0 Å². The molecule has 0 aliphatic heterocycles. The monoisotopic (exact) mass is 350 g/mol. The summed E-state index contributed by atoms with van der Waals surface area (Å²) in [5, 5.41) is 15.0. The summed E-state index contributed by atoms with van der Waals surface area (Å²) in [6.45, 7) is 0. The molecule has 0 bridgehead atoms. The molecular weight excluding hydrogens is 339 g/mol. The second kappa shape index (κ2) is 6.30. The third-order valence-corrected chi connectivity index (χ3v) is 4.51. The molecule has 1 aliphatic carbocycles. The van der Waals surface area contributed by atoms with Gasteiger partial charge in [0.25, 0.3) is 0 Å². The van der Waals surface area contributed by atoms with Crippen molar-refractivity contribution in [2.24, 2.45) is 0 Å². The van der Waals surface area contributed by atoms with E-state index in [0.717, 1.165) is 12.8 Å². The van der Waals surface area contributed by atoms with Crippen LogP contribution in [0, 0.1) is 0 Å². The minimum atomic E-state index is -1.22. The van der Waals surface area contributed by atoms with Crippen LogP contribution in [0.5, 0.6) is 0 Å². The van der Waals surface area contributed by atoms with Crippen LogP contribution < -0.4 is 10.6 Å². The van der Waals surface area contributed by atoms with Gasteiger partial charge in [-0.25, -0.2) is 9.59 Å². The fraction of sp³-hybridized carbons (Fsp3) is 0.385. The van der Waals surface area contributed by atoms with E-state index in [1.807, 2.05) is 0 Å². The average Bonchev–Trinajstić information content (AvgIpc) is 2.85. The van der Waals surface area contributed by atoms with Crippen LogP contribution in [0.1, 0.15) is 25.7 Å². The summed E-state index contributed by atoms with van der Waals surface area (Å²) in [6, 6.07) is 2.18. The maximum atomic E-state index is 12.0. The van der Waals surface area contributed by atoms with Gasteiger partial charge in [0.1, 0.15) is 5.54 Å². The summed E-state index contributed by atoms with van der Waals surface area (Å²) in [4.78, 5) is 23.4. The van der Waals surface area contributed by atoms with Gasteiger partial charge in [-0.3, -0.25) is 0 Å². The van der Waals surface area contributed by atoms with Crippen LogP contribution in [0.3, 0.4) is 0 Å². The quantitative estimate of drug-likeness (QED) is 0.715. The van der Waals surface area contributed by atoms with Crippen molar-refractivity contribution in [3.63, 3.8) is 0 Å². The molecule has 1 aromatic carbocycles. The summed E-state index contributed by atoms with van der Waals surface area (Å²) in [5.74, 6) is -1.03. The molecule has 0 radical (unpaired) electrons. The Bertz CT molecular complexity index is 586. The number of carboxylic acid groups (broad SMARTS) is 1. The predicted molar refractivity (Wildman–Crippen MR) is 82.5 cm³/mol. The number of halogens is 3. The molecule has 0 aromatic heterocycles. The highest BCUT2D eigenvalue weighted by Crippen LogP contribution is 2.33.